The van der Waals surface area contributed by atoms with E-state index in [0.29, 0.717) is 76.1 Å². The number of hydrogen-bond acceptors (Lipinski definition) is 9. The molecule has 0 unspecified atom stereocenters. The molecule has 2 aliphatic rings. The number of aromatic nitrogens is 4. The highest BCUT2D eigenvalue weighted by Gasteiger charge is 2.34. The van der Waals surface area contributed by atoms with E-state index in [4.69, 9.17) is 31.7 Å². The summed E-state index contributed by atoms with van der Waals surface area (Å²) in [5, 5.41) is 6.36. The number of nitrogens with zero attached hydrogens (tertiary/aromatic N) is 2. The van der Waals surface area contributed by atoms with Gasteiger partial charge in [0.2, 0.25) is 0 Å². The van der Waals surface area contributed by atoms with E-state index in [2.05, 4.69) is 34.4 Å². The van der Waals surface area contributed by atoms with Gasteiger partial charge in [0.05, 0.1) is 47.9 Å². The van der Waals surface area contributed by atoms with Crippen molar-refractivity contribution in [3.05, 3.63) is 68.8 Å². The van der Waals surface area contributed by atoms with Crippen LogP contribution in [0.2, 0.25) is 0 Å². The molecule has 0 fully saturated rings. The van der Waals surface area contributed by atoms with Crippen molar-refractivity contribution >= 4 is 62.9 Å². The molecule has 8 bridgehead atoms. The molecule has 5 rings (SSSR count). The molecule has 5 heterocycles. The molecule has 0 aliphatic carbocycles. The van der Waals surface area contributed by atoms with Crippen LogP contribution in [-0.4, -0.2) is 75.9 Å². The van der Waals surface area contributed by atoms with E-state index >= 15 is 0 Å². The number of fused-ring (bicyclic) bond motifs is 8. The number of amides is 1. The number of Topliss-reactive ketones (excluding diaryl/α,β-unsaturated/α-hetero) is 1. The van der Waals surface area contributed by atoms with E-state index in [1.54, 1.807) is 6.92 Å². The number of ketones is 1. The molecule has 4 atom stereocenters. The summed E-state index contributed by atoms with van der Waals surface area (Å²) in [4.78, 5) is 71.5. The van der Waals surface area contributed by atoms with Crippen molar-refractivity contribution in [1.82, 2.24) is 30.6 Å². The molecule has 0 radical (unpaired) electrons. The van der Waals surface area contributed by atoms with E-state index in [1.807, 2.05) is 52.8 Å². The molecule has 0 saturated heterocycles. The molecule has 0 aromatic carbocycles. The Labute approximate surface area is 334 Å². The molecule has 12 nitrogen and oxygen atoms in total. The average molecular weight is 785 g/mol. The van der Waals surface area contributed by atoms with E-state index in [9.17, 15) is 19.2 Å². The number of hydrogen-bond donors (Lipinski definition) is 4. The summed E-state index contributed by atoms with van der Waals surface area (Å²) < 4.78 is 10.3. The van der Waals surface area contributed by atoms with Gasteiger partial charge in [0, 0.05) is 88.3 Å². The minimum atomic E-state index is -0.504. The lowest BCUT2D eigenvalue weighted by atomic mass is 9.85. The van der Waals surface area contributed by atoms with E-state index in [0.717, 1.165) is 33.9 Å². The van der Waals surface area contributed by atoms with Crippen molar-refractivity contribution in [2.75, 3.05) is 27.3 Å². The zero-order valence-corrected chi connectivity index (χ0v) is 35.1. The van der Waals surface area contributed by atoms with Crippen LogP contribution in [-0.2, 0) is 25.5 Å². The van der Waals surface area contributed by atoms with E-state index in [1.165, 1.54) is 14.2 Å². The predicted molar refractivity (Wildman–Crippen MR) is 222 cm³/mol. The quantitative estimate of drug-likeness (QED) is 0.0584. The standard InChI is InChI=1S/C43H56N6O6S/c1-11-27-22(4)30-20-35-38(26(8)50)24(6)32(47-35)18-31-23(5)28(13-14-36(51)54-9)40(48-31)29(17-37(52)55-10)41-39(25(7)33(49-41)19-34(27)46-30)42(53)44-15-12-16-45-43(56)21(2)3/h18-23,27-28,47,49H,11-17H2,1-10H3,(H,44,53)(H,45,56)/t22-,23+,27-,28+/m1/s1. The molecule has 2 aliphatic heterocycles. The number of aryl methyl sites for hydroxylation is 2. The Balaban J connectivity index is 1.87. The lowest BCUT2D eigenvalue weighted by molar-refractivity contribution is -0.141. The van der Waals surface area contributed by atoms with Crippen LogP contribution in [0.3, 0.4) is 0 Å². The number of carbonyl (C=O) groups is 4. The van der Waals surface area contributed by atoms with Crippen LogP contribution >= 0.6 is 12.2 Å². The van der Waals surface area contributed by atoms with Crippen LogP contribution in [0.1, 0.15) is 151 Å². The summed E-state index contributed by atoms with van der Waals surface area (Å²) in [6.45, 7) is 16.8. The third-order valence-electron chi connectivity index (χ3n) is 11.4. The molecule has 56 heavy (non-hydrogen) atoms. The molecular formula is C43H56N6O6S. The van der Waals surface area contributed by atoms with Crippen LogP contribution in [0.25, 0.3) is 22.1 Å². The Morgan fingerprint density at radius 1 is 0.821 bits per heavy atom. The van der Waals surface area contributed by atoms with Gasteiger partial charge in [-0.25, -0.2) is 0 Å². The Bertz CT molecular complexity index is 2200. The number of rotatable bonds is 13. The minimum absolute atomic E-state index is 0.0560. The molecule has 3 aromatic heterocycles. The fourth-order valence-corrected chi connectivity index (χ4v) is 8.12. The first-order valence-electron chi connectivity index (χ1n) is 19.6. The molecule has 0 spiro atoms. The monoisotopic (exact) mass is 784 g/mol. The Kier molecular flexibility index (Phi) is 13.5. The highest BCUT2D eigenvalue weighted by Crippen LogP contribution is 2.43. The summed E-state index contributed by atoms with van der Waals surface area (Å²) in [6.07, 6.45) is 1.79. The van der Waals surface area contributed by atoms with Crippen molar-refractivity contribution in [2.24, 2.45) is 5.92 Å². The summed E-state index contributed by atoms with van der Waals surface area (Å²) >= 11 is 5.42. The van der Waals surface area contributed by atoms with Crippen molar-refractivity contribution in [3.63, 3.8) is 0 Å². The summed E-state index contributed by atoms with van der Waals surface area (Å²) in [7, 11) is 2.69. The fraction of sp³-hybridized carbons (Fsp3) is 0.512. The van der Waals surface area contributed by atoms with Gasteiger partial charge in [0.15, 0.2) is 5.78 Å². The van der Waals surface area contributed by atoms with Gasteiger partial charge in [-0.15, -0.1) is 0 Å². The van der Waals surface area contributed by atoms with Crippen molar-refractivity contribution < 1.29 is 28.7 Å². The van der Waals surface area contributed by atoms with Gasteiger partial charge in [-0.2, -0.15) is 0 Å². The lowest BCUT2D eigenvalue weighted by Gasteiger charge is -2.18. The van der Waals surface area contributed by atoms with Crippen LogP contribution in [0.5, 0.6) is 0 Å². The SMILES string of the molecule is CC[C@H]1c2cc3[nH]c(c(CC(=O)OC)c4nc(cc5[nH]c(cc(n2)[C@@H]1C)c(C(C)=O)c5C)[C@@H](C)[C@@H]4CCC(=O)OC)c(C(=O)NCCCNC(=S)C(C)C)c3C. The van der Waals surface area contributed by atoms with Crippen molar-refractivity contribution in [1.29, 1.82) is 0 Å². The molecule has 300 valence electrons. The number of methoxy groups -OCH3 is 2. The maximum Gasteiger partial charge on any atom is 0.310 e. The van der Waals surface area contributed by atoms with Gasteiger partial charge in [-0.1, -0.05) is 46.8 Å². The molecule has 4 N–H and O–H groups in total. The molecule has 1 amide bonds. The number of ether oxygens (including phenoxy) is 2. The van der Waals surface area contributed by atoms with Gasteiger partial charge in [-0.3, -0.25) is 29.1 Å². The summed E-state index contributed by atoms with van der Waals surface area (Å²) in [5.74, 6) is -1.41. The maximum absolute atomic E-state index is 14.4. The topological polar surface area (TPSA) is 168 Å². The van der Waals surface area contributed by atoms with Crippen LogP contribution < -0.4 is 10.6 Å². The van der Waals surface area contributed by atoms with E-state index < -0.39 is 5.97 Å². The number of H-pyrrole nitrogens is 2. The van der Waals surface area contributed by atoms with Gasteiger partial charge in [0.1, 0.15) is 0 Å². The molecule has 13 heteroatoms. The van der Waals surface area contributed by atoms with E-state index in [-0.39, 0.29) is 60.1 Å². The van der Waals surface area contributed by atoms with Gasteiger partial charge >= 0.3 is 11.9 Å². The summed E-state index contributed by atoms with van der Waals surface area (Å²) in [5.41, 5.74) is 8.54. The Morgan fingerprint density at radius 3 is 2.05 bits per heavy atom. The zero-order chi connectivity index (χ0) is 41.0. The molecular weight excluding hydrogens is 729 g/mol. The second kappa shape index (κ2) is 17.9. The Hall–Kier alpha value is -4.91. The normalized spacial score (nSPS) is 17.8. The molecule has 0 saturated carbocycles. The summed E-state index contributed by atoms with van der Waals surface area (Å²) in [6, 6.07) is 5.92. The van der Waals surface area contributed by atoms with Crippen molar-refractivity contribution in [3.8, 4) is 0 Å². The van der Waals surface area contributed by atoms with Crippen LogP contribution in [0, 0.1) is 19.8 Å². The first-order chi connectivity index (χ1) is 26.6. The first-order valence-corrected chi connectivity index (χ1v) is 20.0. The number of aromatic amines is 2. The third kappa shape index (κ3) is 8.72. The molecule has 3 aromatic rings. The smallest absolute Gasteiger partial charge is 0.310 e. The average Bonchev–Trinajstić information content (AvgIpc) is 3.85. The second-order valence-electron chi connectivity index (χ2n) is 15.3. The van der Waals surface area contributed by atoms with Gasteiger partial charge in [-0.05, 0) is 69.4 Å². The van der Waals surface area contributed by atoms with Crippen LogP contribution in [0.4, 0.5) is 0 Å². The minimum Gasteiger partial charge on any atom is -0.469 e. The van der Waals surface area contributed by atoms with Gasteiger partial charge < -0.3 is 30.1 Å². The first kappa shape index (κ1) is 42.2. The highest BCUT2D eigenvalue weighted by molar-refractivity contribution is 7.80. The Morgan fingerprint density at radius 2 is 1.41 bits per heavy atom. The third-order valence-corrected chi connectivity index (χ3v) is 12.0. The predicted octanol–water partition coefficient (Wildman–Crippen LogP) is 7.68. The fourth-order valence-electron chi connectivity index (χ4n) is 8.02. The highest BCUT2D eigenvalue weighted by atomic mass is 32.1. The van der Waals surface area contributed by atoms with Gasteiger partial charge in [0.25, 0.3) is 5.91 Å². The zero-order valence-electron chi connectivity index (χ0n) is 34.3. The number of esters is 2. The lowest BCUT2D eigenvalue weighted by Crippen LogP contribution is -2.31. The largest absolute Gasteiger partial charge is 0.469 e. The number of thiocarbonyl (C=S) groups is 1. The maximum atomic E-state index is 14.4. The van der Waals surface area contributed by atoms with Crippen LogP contribution in [0.15, 0.2) is 18.2 Å². The second-order valence-corrected chi connectivity index (χ2v) is 15.8. The number of carbonyl (C=O) groups excluding carboxylic acids is 4. The van der Waals surface area contributed by atoms with Crippen molar-refractivity contribution in [2.45, 2.75) is 111 Å². The number of nitrogens with one attached hydrogen (secondary N) is 4.